The second kappa shape index (κ2) is 9.02. The minimum atomic E-state index is 0.711. The number of aliphatic imine (C=N–C) groups is 1. The van der Waals surface area contributed by atoms with Gasteiger partial charge in [-0.2, -0.15) is 11.8 Å². The van der Waals surface area contributed by atoms with Crippen molar-refractivity contribution in [1.82, 2.24) is 10.6 Å². The first-order chi connectivity index (χ1) is 11.8. The molecule has 0 aliphatic carbocycles. The van der Waals surface area contributed by atoms with Crippen LogP contribution in [0.5, 0.6) is 0 Å². The first kappa shape index (κ1) is 17.2. The molecule has 1 aromatic carbocycles. The molecule has 24 heavy (non-hydrogen) atoms. The van der Waals surface area contributed by atoms with Gasteiger partial charge in [0, 0.05) is 37.1 Å². The number of nitrogens with one attached hydrogen (secondary N) is 2. The summed E-state index contributed by atoms with van der Waals surface area (Å²) in [5.74, 6) is 2.23. The molecule has 1 saturated heterocycles. The van der Waals surface area contributed by atoms with Crippen molar-refractivity contribution < 1.29 is 0 Å². The van der Waals surface area contributed by atoms with E-state index in [0.717, 1.165) is 37.4 Å². The highest BCUT2D eigenvalue weighted by Gasteiger charge is 2.15. The van der Waals surface area contributed by atoms with Crippen LogP contribution >= 0.6 is 11.8 Å². The summed E-state index contributed by atoms with van der Waals surface area (Å²) >= 11 is 2.08. The van der Waals surface area contributed by atoms with Crippen LogP contribution in [0, 0.1) is 0 Å². The van der Waals surface area contributed by atoms with Crippen LogP contribution < -0.4 is 15.5 Å². The highest BCUT2D eigenvalue weighted by molar-refractivity contribution is 8.00. The standard InChI is InChI=1S/C19H28N4S/c1-2-20-19(22-15-18-9-6-12-24-18)21-14-16-7-5-8-17(13-16)23-10-3-4-11-23/h3-5,7-8,13,18H,2,6,9-12,14-15H2,1H3,(H2,20,21,22). The Morgan fingerprint density at radius 1 is 1.29 bits per heavy atom. The Bertz CT molecular complexity index is 570. The summed E-state index contributed by atoms with van der Waals surface area (Å²) in [5, 5.41) is 7.59. The lowest BCUT2D eigenvalue weighted by Gasteiger charge is -2.18. The van der Waals surface area contributed by atoms with Gasteiger partial charge in [0.2, 0.25) is 0 Å². The van der Waals surface area contributed by atoms with Crippen molar-refractivity contribution in [3.8, 4) is 0 Å². The average Bonchev–Trinajstić information content (AvgIpc) is 3.31. The van der Waals surface area contributed by atoms with Crippen LogP contribution in [-0.4, -0.2) is 43.1 Å². The molecule has 0 spiro atoms. The van der Waals surface area contributed by atoms with Crippen LogP contribution in [0.1, 0.15) is 25.3 Å². The Hall–Kier alpha value is -1.62. The van der Waals surface area contributed by atoms with E-state index in [1.807, 2.05) is 0 Å². The lowest BCUT2D eigenvalue weighted by molar-refractivity contribution is 0.727. The lowest BCUT2D eigenvalue weighted by atomic mass is 10.2. The maximum absolute atomic E-state index is 4.76. The molecule has 2 aliphatic heterocycles. The number of hydrogen-bond acceptors (Lipinski definition) is 3. The molecule has 2 aliphatic rings. The van der Waals surface area contributed by atoms with Gasteiger partial charge in [-0.15, -0.1) is 0 Å². The van der Waals surface area contributed by atoms with E-state index in [4.69, 9.17) is 4.99 Å². The van der Waals surface area contributed by atoms with Crippen molar-refractivity contribution in [3.63, 3.8) is 0 Å². The highest BCUT2D eigenvalue weighted by Crippen LogP contribution is 2.25. The van der Waals surface area contributed by atoms with E-state index in [1.165, 1.54) is 29.8 Å². The summed E-state index contributed by atoms with van der Waals surface area (Å²) in [7, 11) is 0. The van der Waals surface area contributed by atoms with E-state index in [0.29, 0.717) is 6.54 Å². The van der Waals surface area contributed by atoms with E-state index >= 15 is 0 Å². The van der Waals surface area contributed by atoms with Gasteiger partial charge in [-0.1, -0.05) is 24.3 Å². The quantitative estimate of drug-likeness (QED) is 0.473. The molecular weight excluding hydrogens is 316 g/mol. The van der Waals surface area contributed by atoms with E-state index in [2.05, 4.69) is 70.6 Å². The summed E-state index contributed by atoms with van der Waals surface area (Å²) < 4.78 is 0. The minimum absolute atomic E-state index is 0.711. The Morgan fingerprint density at radius 2 is 2.17 bits per heavy atom. The summed E-state index contributed by atoms with van der Waals surface area (Å²) in [6.45, 7) is 6.75. The van der Waals surface area contributed by atoms with E-state index in [1.54, 1.807) is 0 Å². The number of guanidine groups is 1. The number of thioether (sulfide) groups is 1. The summed E-state index contributed by atoms with van der Waals surface area (Å²) in [6, 6.07) is 8.73. The molecule has 0 radical (unpaired) electrons. The second-order valence-corrected chi connectivity index (χ2v) is 7.67. The molecule has 1 fully saturated rings. The number of hydrogen-bond donors (Lipinski definition) is 2. The zero-order chi connectivity index (χ0) is 16.6. The third-order valence-corrected chi connectivity index (χ3v) is 5.78. The van der Waals surface area contributed by atoms with Gasteiger partial charge in [-0.3, -0.25) is 0 Å². The molecule has 1 aromatic rings. The predicted octanol–water partition coefficient (Wildman–Crippen LogP) is 3.01. The maximum Gasteiger partial charge on any atom is 0.191 e. The number of anilines is 1. The molecule has 0 aromatic heterocycles. The molecule has 1 unspecified atom stereocenters. The van der Waals surface area contributed by atoms with Crippen LogP contribution in [-0.2, 0) is 6.54 Å². The van der Waals surface area contributed by atoms with Gasteiger partial charge in [-0.25, -0.2) is 4.99 Å². The maximum atomic E-state index is 4.76. The van der Waals surface area contributed by atoms with Gasteiger partial charge in [0.15, 0.2) is 5.96 Å². The summed E-state index contributed by atoms with van der Waals surface area (Å²) in [6.07, 6.45) is 7.12. The second-order valence-electron chi connectivity index (χ2n) is 6.26. The molecule has 0 bridgehead atoms. The Labute approximate surface area is 149 Å². The van der Waals surface area contributed by atoms with Crippen molar-refractivity contribution >= 4 is 23.4 Å². The summed E-state index contributed by atoms with van der Waals surface area (Å²) in [5.41, 5.74) is 2.54. The molecule has 3 rings (SSSR count). The molecule has 2 heterocycles. The van der Waals surface area contributed by atoms with Gasteiger partial charge in [0.1, 0.15) is 0 Å². The van der Waals surface area contributed by atoms with E-state index in [9.17, 15) is 0 Å². The smallest absolute Gasteiger partial charge is 0.191 e. The van der Waals surface area contributed by atoms with Crippen molar-refractivity contribution in [3.05, 3.63) is 42.0 Å². The van der Waals surface area contributed by atoms with Crippen molar-refractivity contribution in [1.29, 1.82) is 0 Å². The fourth-order valence-electron chi connectivity index (χ4n) is 3.07. The van der Waals surface area contributed by atoms with E-state index < -0.39 is 0 Å². The highest BCUT2D eigenvalue weighted by atomic mass is 32.2. The van der Waals surface area contributed by atoms with Crippen LogP contribution in [0.15, 0.2) is 41.4 Å². The molecule has 0 amide bonds. The fourth-order valence-corrected chi connectivity index (χ4v) is 4.27. The van der Waals surface area contributed by atoms with Gasteiger partial charge >= 0.3 is 0 Å². The topological polar surface area (TPSA) is 39.7 Å². The van der Waals surface area contributed by atoms with E-state index in [-0.39, 0.29) is 0 Å². The lowest BCUT2D eigenvalue weighted by Crippen LogP contribution is -2.40. The molecule has 2 N–H and O–H groups in total. The average molecular weight is 345 g/mol. The number of rotatable bonds is 6. The molecule has 5 heteroatoms. The zero-order valence-electron chi connectivity index (χ0n) is 14.5. The van der Waals surface area contributed by atoms with Gasteiger partial charge in [0.25, 0.3) is 0 Å². The minimum Gasteiger partial charge on any atom is -0.364 e. The van der Waals surface area contributed by atoms with Crippen molar-refractivity contribution in [2.75, 3.05) is 36.8 Å². The molecule has 130 valence electrons. The zero-order valence-corrected chi connectivity index (χ0v) is 15.3. The molecule has 1 atom stereocenters. The SMILES string of the molecule is CCNC(=NCc1cccc(N2CC=CC2)c1)NCC1CCCS1. The normalized spacial score (nSPS) is 20.6. The van der Waals surface area contributed by atoms with Crippen molar-refractivity contribution in [2.45, 2.75) is 31.6 Å². The first-order valence-electron chi connectivity index (χ1n) is 8.98. The van der Waals surface area contributed by atoms with Crippen LogP contribution in [0.2, 0.25) is 0 Å². The Balaban J connectivity index is 1.57. The molecule has 4 nitrogen and oxygen atoms in total. The molecule has 0 saturated carbocycles. The predicted molar refractivity (Wildman–Crippen MR) is 106 cm³/mol. The monoisotopic (exact) mass is 344 g/mol. The number of benzene rings is 1. The Morgan fingerprint density at radius 3 is 2.92 bits per heavy atom. The first-order valence-corrected chi connectivity index (χ1v) is 10.0. The van der Waals surface area contributed by atoms with Crippen LogP contribution in [0.4, 0.5) is 5.69 Å². The third kappa shape index (κ3) is 4.94. The van der Waals surface area contributed by atoms with Crippen molar-refractivity contribution in [2.24, 2.45) is 4.99 Å². The fraction of sp³-hybridized carbons (Fsp3) is 0.526. The largest absolute Gasteiger partial charge is 0.364 e. The molecular formula is C19H28N4S. The van der Waals surface area contributed by atoms with Gasteiger partial charge < -0.3 is 15.5 Å². The van der Waals surface area contributed by atoms with Crippen LogP contribution in [0.3, 0.4) is 0 Å². The Kier molecular flexibility index (Phi) is 6.47. The van der Waals surface area contributed by atoms with Gasteiger partial charge in [0.05, 0.1) is 6.54 Å². The third-order valence-electron chi connectivity index (χ3n) is 4.38. The van der Waals surface area contributed by atoms with Gasteiger partial charge in [-0.05, 0) is 43.2 Å². The summed E-state index contributed by atoms with van der Waals surface area (Å²) in [4.78, 5) is 7.13. The van der Waals surface area contributed by atoms with Crippen LogP contribution in [0.25, 0.3) is 0 Å². The number of nitrogens with zero attached hydrogens (tertiary/aromatic N) is 2.